The van der Waals surface area contributed by atoms with Gasteiger partial charge in [-0.2, -0.15) is 0 Å². The third-order valence-corrected chi connectivity index (χ3v) is 2.85. The van der Waals surface area contributed by atoms with Crippen molar-refractivity contribution in [3.05, 3.63) is 29.3 Å². The van der Waals surface area contributed by atoms with Gasteiger partial charge in [0.1, 0.15) is 5.75 Å². The molecule has 0 fully saturated rings. The second kappa shape index (κ2) is 7.58. The minimum Gasteiger partial charge on any atom is -0.494 e. The molecule has 0 radical (unpaired) electrons. The molecule has 100 valence electrons. The summed E-state index contributed by atoms with van der Waals surface area (Å²) in [5.41, 5.74) is 7.23. The van der Waals surface area contributed by atoms with Gasteiger partial charge in [-0.3, -0.25) is 0 Å². The largest absolute Gasteiger partial charge is 0.494 e. The maximum Gasteiger partial charge on any atom is 0.170 e. The highest BCUT2D eigenvalue weighted by Crippen LogP contribution is 2.17. The lowest BCUT2D eigenvalue weighted by molar-refractivity contribution is 0.305. The molecule has 1 aromatic rings. The van der Waals surface area contributed by atoms with E-state index in [1.54, 1.807) is 0 Å². The lowest BCUT2D eigenvalue weighted by Gasteiger charge is -2.09. The van der Waals surface area contributed by atoms with E-state index < -0.39 is 0 Å². The van der Waals surface area contributed by atoms with Crippen LogP contribution in [0.3, 0.4) is 0 Å². The molecular weight excluding hydrogens is 228 g/mol. The Morgan fingerprint density at radius 3 is 2.72 bits per heavy atom. The van der Waals surface area contributed by atoms with E-state index in [0.29, 0.717) is 0 Å². The van der Waals surface area contributed by atoms with Gasteiger partial charge in [0.05, 0.1) is 6.61 Å². The molecule has 4 nitrogen and oxygen atoms in total. The van der Waals surface area contributed by atoms with Gasteiger partial charge in [0.15, 0.2) is 5.84 Å². The standard InChI is InChI=1S/C14H22N2O2/c1-3-4-5-6-9-18-12-7-8-13(11(2)10-12)14(15)16-17/h7-8,10,17H,3-6,9H2,1-2H3,(H2,15,16). The number of nitrogens with zero attached hydrogens (tertiary/aromatic N) is 1. The molecule has 0 aliphatic rings. The molecule has 0 bridgehead atoms. The van der Waals surface area contributed by atoms with Gasteiger partial charge in [0.25, 0.3) is 0 Å². The maximum absolute atomic E-state index is 8.64. The van der Waals surface area contributed by atoms with Gasteiger partial charge in [0.2, 0.25) is 0 Å². The van der Waals surface area contributed by atoms with Crippen LogP contribution in [0.5, 0.6) is 5.75 Å². The highest BCUT2D eigenvalue weighted by Gasteiger charge is 2.05. The predicted octanol–water partition coefficient (Wildman–Crippen LogP) is 3.05. The molecule has 1 rings (SSSR count). The summed E-state index contributed by atoms with van der Waals surface area (Å²) >= 11 is 0. The predicted molar refractivity (Wildman–Crippen MR) is 73.3 cm³/mol. The van der Waals surface area contributed by atoms with Crippen LogP contribution < -0.4 is 10.5 Å². The van der Waals surface area contributed by atoms with Gasteiger partial charge in [-0.25, -0.2) is 0 Å². The van der Waals surface area contributed by atoms with Crippen molar-refractivity contribution < 1.29 is 9.94 Å². The fourth-order valence-corrected chi connectivity index (χ4v) is 1.79. The third kappa shape index (κ3) is 4.28. The highest BCUT2D eigenvalue weighted by atomic mass is 16.5. The zero-order valence-corrected chi connectivity index (χ0v) is 11.1. The van der Waals surface area contributed by atoms with Crippen LogP contribution in [-0.2, 0) is 0 Å². The Labute approximate surface area is 108 Å². The van der Waals surface area contributed by atoms with Crippen LogP contribution in [0.4, 0.5) is 0 Å². The van der Waals surface area contributed by atoms with Crippen LogP contribution in [0.1, 0.15) is 43.7 Å². The van der Waals surface area contributed by atoms with Gasteiger partial charge in [-0.05, 0) is 37.1 Å². The Kier molecular flexibility index (Phi) is 6.05. The Morgan fingerprint density at radius 2 is 2.11 bits per heavy atom. The van der Waals surface area contributed by atoms with Gasteiger partial charge in [-0.15, -0.1) is 0 Å². The summed E-state index contributed by atoms with van der Waals surface area (Å²) in [4.78, 5) is 0. The molecule has 0 atom stereocenters. The van der Waals surface area contributed by atoms with Crippen molar-refractivity contribution in [3.63, 3.8) is 0 Å². The number of benzene rings is 1. The average Bonchev–Trinajstić information content (AvgIpc) is 2.38. The van der Waals surface area contributed by atoms with Crippen LogP contribution in [-0.4, -0.2) is 17.6 Å². The van der Waals surface area contributed by atoms with Gasteiger partial charge in [0, 0.05) is 5.56 Å². The van der Waals surface area contributed by atoms with Crippen molar-refractivity contribution in [2.24, 2.45) is 10.9 Å². The van der Waals surface area contributed by atoms with Gasteiger partial charge >= 0.3 is 0 Å². The van der Waals surface area contributed by atoms with Crippen LogP contribution in [0.15, 0.2) is 23.4 Å². The summed E-state index contributed by atoms with van der Waals surface area (Å²) in [6, 6.07) is 5.57. The first kappa shape index (κ1) is 14.4. The molecule has 1 aromatic carbocycles. The van der Waals surface area contributed by atoms with E-state index in [2.05, 4.69) is 12.1 Å². The quantitative estimate of drug-likeness (QED) is 0.257. The number of hydrogen-bond donors (Lipinski definition) is 2. The summed E-state index contributed by atoms with van der Waals surface area (Å²) in [5.74, 6) is 0.959. The first-order valence-corrected chi connectivity index (χ1v) is 6.40. The molecular formula is C14H22N2O2. The van der Waals surface area contributed by atoms with Crippen LogP contribution in [0, 0.1) is 6.92 Å². The average molecular weight is 250 g/mol. The number of nitrogens with two attached hydrogens (primary N) is 1. The molecule has 3 N–H and O–H groups in total. The van der Waals surface area contributed by atoms with Crippen LogP contribution in [0.2, 0.25) is 0 Å². The number of aryl methyl sites for hydroxylation is 1. The van der Waals surface area contributed by atoms with Crippen molar-refractivity contribution in [2.75, 3.05) is 6.61 Å². The molecule has 0 aromatic heterocycles. The summed E-state index contributed by atoms with van der Waals surface area (Å²) in [5, 5.41) is 11.6. The van der Waals surface area contributed by atoms with Crippen molar-refractivity contribution in [2.45, 2.75) is 39.5 Å². The lowest BCUT2D eigenvalue weighted by Crippen LogP contribution is -2.14. The molecule has 0 saturated carbocycles. The monoisotopic (exact) mass is 250 g/mol. The lowest BCUT2D eigenvalue weighted by atomic mass is 10.1. The normalized spacial score (nSPS) is 11.6. The number of hydrogen-bond acceptors (Lipinski definition) is 3. The highest BCUT2D eigenvalue weighted by molar-refractivity contribution is 5.98. The molecule has 0 aliphatic heterocycles. The Hall–Kier alpha value is -1.71. The van der Waals surface area contributed by atoms with Gasteiger partial charge < -0.3 is 15.7 Å². The molecule has 0 spiro atoms. The summed E-state index contributed by atoms with van der Waals surface area (Å²) < 4.78 is 5.66. The summed E-state index contributed by atoms with van der Waals surface area (Å²) in [6.45, 7) is 4.84. The van der Waals surface area contributed by atoms with Crippen molar-refractivity contribution in [3.8, 4) is 5.75 Å². The zero-order valence-electron chi connectivity index (χ0n) is 11.1. The molecule has 0 saturated heterocycles. The summed E-state index contributed by atoms with van der Waals surface area (Å²) in [7, 11) is 0. The van der Waals surface area contributed by atoms with Crippen molar-refractivity contribution in [1.82, 2.24) is 0 Å². The van der Waals surface area contributed by atoms with Crippen molar-refractivity contribution in [1.29, 1.82) is 0 Å². The first-order valence-electron chi connectivity index (χ1n) is 6.40. The summed E-state index contributed by atoms with van der Waals surface area (Å²) in [6.07, 6.45) is 4.77. The van der Waals surface area contributed by atoms with Gasteiger partial charge in [-0.1, -0.05) is 31.3 Å². The molecule has 0 aliphatic carbocycles. The van der Waals surface area contributed by atoms with Crippen LogP contribution in [0.25, 0.3) is 0 Å². The van der Waals surface area contributed by atoms with E-state index in [9.17, 15) is 0 Å². The SMILES string of the molecule is CCCCCCOc1ccc(/C(N)=N/O)c(C)c1. The van der Waals surface area contributed by atoms with E-state index >= 15 is 0 Å². The number of unbranched alkanes of at least 4 members (excludes halogenated alkanes) is 3. The molecule has 4 heteroatoms. The number of ether oxygens (including phenoxy) is 1. The smallest absolute Gasteiger partial charge is 0.170 e. The van der Waals surface area contributed by atoms with E-state index in [-0.39, 0.29) is 5.84 Å². The minimum atomic E-state index is 0.127. The molecule has 0 unspecified atom stereocenters. The second-order valence-corrected chi connectivity index (χ2v) is 4.37. The zero-order chi connectivity index (χ0) is 13.4. The first-order chi connectivity index (χ1) is 8.69. The molecule has 0 heterocycles. The van der Waals surface area contributed by atoms with Crippen LogP contribution >= 0.6 is 0 Å². The van der Waals surface area contributed by atoms with Crippen molar-refractivity contribution >= 4 is 5.84 Å². The second-order valence-electron chi connectivity index (χ2n) is 4.37. The van der Waals surface area contributed by atoms with E-state index in [0.717, 1.165) is 29.9 Å². The fourth-order valence-electron chi connectivity index (χ4n) is 1.79. The fraction of sp³-hybridized carbons (Fsp3) is 0.500. The molecule has 18 heavy (non-hydrogen) atoms. The Morgan fingerprint density at radius 1 is 1.33 bits per heavy atom. The third-order valence-electron chi connectivity index (χ3n) is 2.85. The van der Waals surface area contributed by atoms with E-state index in [1.165, 1.54) is 19.3 Å². The topological polar surface area (TPSA) is 67.8 Å². The number of amidine groups is 1. The minimum absolute atomic E-state index is 0.127. The van der Waals surface area contributed by atoms with E-state index in [1.807, 2.05) is 25.1 Å². The molecule has 0 amide bonds. The number of rotatable bonds is 7. The Bertz CT molecular complexity index is 403. The maximum atomic E-state index is 8.64. The van der Waals surface area contributed by atoms with E-state index in [4.69, 9.17) is 15.7 Å². The number of oxime groups is 1. The Balaban J connectivity index is 2.51.